The van der Waals surface area contributed by atoms with Crippen LogP contribution in [0.2, 0.25) is 18.1 Å². The van der Waals surface area contributed by atoms with Crippen molar-refractivity contribution in [3.8, 4) is 0 Å². The first-order chi connectivity index (χ1) is 8.30. The van der Waals surface area contributed by atoms with Gasteiger partial charge < -0.3 is 9.53 Å². The molecule has 4 heteroatoms. The molecule has 0 aliphatic heterocycles. The first kappa shape index (κ1) is 18.1. The van der Waals surface area contributed by atoms with Gasteiger partial charge in [0.05, 0.1) is 8.07 Å². The third kappa shape index (κ3) is 6.19. The van der Waals surface area contributed by atoms with Gasteiger partial charge in [0, 0.05) is 12.0 Å². The highest BCUT2D eigenvalue weighted by molar-refractivity contribution is 6.85. The van der Waals surface area contributed by atoms with E-state index in [4.69, 9.17) is 4.74 Å². The zero-order chi connectivity index (χ0) is 15.5. The Hall–Kier alpha value is -0.903. The van der Waals surface area contributed by atoms with Crippen LogP contribution in [0.4, 0.5) is 0 Å². The summed E-state index contributed by atoms with van der Waals surface area (Å²) in [5.41, 5.74) is 1.97. The molecular weight excluding hydrogens is 256 g/mol. The summed E-state index contributed by atoms with van der Waals surface area (Å²) in [4.78, 5) is 22.9. The molecule has 0 fully saturated rings. The zero-order valence-corrected chi connectivity index (χ0v) is 14.6. The van der Waals surface area contributed by atoms with Crippen LogP contribution in [-0.2, 0) is 14.3 Å². The fourth-order valence-electron chi connectivity index (χ4n) is 1.29. The third-order valence-electron chi connectivity index (χ3n) is 3.43. The second kappa shape index (κ2) is 6.03. The quantitative estimate of drug-likeness (QED) is 0.340. The lowest BCUT2D eigenvalue weighted by Crippen LogP contribution is -2.36. The van der Waals surface area contributed by atoms with Crippen molar-refractivity contribution in [3.05, 3.63) is 11.3 Å². The number of esters is 1. The van der Waals surface area contributed by atoms with Crippen molar-refractivity contribution in [2.75, 3.05) is 0 Å². The molecular formula is C15H28O3Si. The normalized spacial score (nSPS) is 14.2. The van der Waals surface area contributed by atoms with Crippen molar-refractivity contribution in [3.63, 3.8) is 0 Å². The van der Waals surface area contributed by atoms with E-state index in [1.165, 1.54) is 0 Å². The van der Waals surface area contributed by atoms with Gasteiger partial charge in [0.25, 0.3) is 0 Å². The van der Waals surface area contributed by atoms with Crippen LogP contribution in [0.5, 0.6) is 0 Å². The molecule has 0 heterocycles. The predicted molar refractivity (Wildman–Crippen MR) is 81.8 cm³/mol. The van der Waals surface area contributed by atoms with Gasteiger partial charge in [0.1, 0.15) is 11.9 Å². The monoisotopic (exact) mass is 284 g/mol. The Morgan fingerprint density at radius 2 is 1.58 bits per heavy atom. The summed E-state index contributed by atoms with van der Waals surface area (Å²) in [5, 5.41) is 0.128. The van der Waals surface area contributed by atoms with E-state index in [-0.39, 0.29) is 17.4 Å². The van der Waals surface area contributed by atoms with Gasteiger partial charge in [-0.05, 0) is 25.8 Å². The van der Waals surface area contributed by atoms with Crippen LogP contribution < -0.4 is 0 Å². The van der Waals surface area contributed by atoms with Gasteiger partial charge in [0.2, 0.25) is 0 Å². The average Bonchev–Trinajstić information content (AvgIpc) is 2.12. The minimum absolute atomic E-state index is 0.126. The van der Waals surface area contributed by atoms with E-state index in [0.29, 0.717) is 5.57 Å². The Morgan fingerprint density at radius 1 is 1.11 bits per heavy atom. The van der Waals surface area contributed by atoms with Gasteiger partial charge in [-0.2, -0.15) is 0 Å². The SMILES string of the molecule is CC(C)(C)OC(=O)C(=C[Si](C)(C)C(C)(C)C)CC=O. The van der Waals surface area contributed by atoms with E-state index >= 15 is 0 Å². The Labute approximate surface area is 118 Å². The highest BCUT2D eigenvalue weighted by Gasteiger charge is 2.34. The average molecular weight is 284 g/mol. The smallest absolute Gasteiger partial charge is 0.334 e. The largest absolute Gasteiger partial charge is 0.457 e. The molecule has 0 aliphatic rings. The molecule has 0 amide bonds. The second-order valence-electron chi connectivity index (χ2n) is 7.51. The Bertz CT molecular complexity index is 368. The van der Waals surface area contributed by atoms with E-state index < -0.39 is 13.7 Å². The molecule has 0 N–H and O–H groups in total. The topological polar surface area (TPSA) is 43.4 Å². The highest BCUT2D eigenvalue weighted by Crippen LogP contribution is 2.37. The molecule has 0 spiro atoms. The summed E-state index contributed by atoms with van der Waals surface area (Å²) in [6, 6.07) is 0. The molecule has 0 saturated heterocycles. The maximum Gasteiger partial charge on any atom is 0.334 e. The van der Waals surface area contributed by atoms with Crippen LogP contribution in [0.1, 0.15) is 48.0 Å². The van der Waals surface area contributed by atoms with Crippen LogP contribution in [0.3, 0.4) is 0 Å². The van der Waals surface area contributed by atoms with Crippen LogP contribution in [0.15, 0.2) is 11.3 Å². The molecule has 0 unspecified atom stereocenters. The maximum absolute atomic E-state index is 12.1. The molecule has 0 aromatic rings. The summed E-state index contributed by atoms with van der Waals surface area (Å²) in [6.45, 7) is 16.4. The van der Waals surface area contributed by atoms with Gasteiger partial charge >= 0.3 is 5.97 Å². The minimum Gasteiger partial charge on any atom is -0.457 e. The first-order valence-corrected chi connectivity index (χ1v) is 9.76. The van der Waals surface area contributed by atoms with Crippen LogP contribution in [0, 0.1) is 0 Å². The number of hydrogen-bond donors (Lipinski definition) is 0. The highest BCUT2D eigenvalue weighted by atomic mass is 28.3. The Morgan fingerprint density at radius 3 is 1.89 bits per heavy atom. The standard InChI is InChI=1S/C15H28O3Si/c1-14(2,3)18-13(17)12(9-10-16)11-19(7,8)15(4,5)6/h10-11H,9H2,1-8H3. The Balaban J connectivity index is 5.33. The van der Waals surface area contributed by atoms with E-state index in [1.54, 1.807) is 0 Å². The fraction of sp³-hybridized carbons (Fsp3) is 0.733. The second-order valence-corrected chi connectivity index (χ2v) is 12.7. The van der Waals surface area contributed by atoms with Crippen molar-refractivity contribution < 1.29 is 14.3 Å². The first-order valence-electron chi connectivity index (χ1n) is 6.69. The van der Waals surface area contributed by atoms with Crippen LogP contribution in [0.25, 0.3) is 0 Å². The number of hydrogen-bond acceptors (Lipinski definition) is 3. The summed E-state index contributed by atoms with van der Waals surface area (Å²) >= 11 is 0. The van der Waals surface area contributed by atoms with Gasteiger partial charge in [0.15, 0.2) is 0 Å². The molecule has 0 radical (unpaired) electrons. The van der Waals surface area contributed by atoms with Gasteiger partial charge in [-0.3, -0.25) is 0 Å². The molecule has 0 bridgehead atoms. The lowest BCUT2D eigenvalue weighted by Gasteiger charge is -2.35. The summed E-state index contributed by atoms with van der Waals surface area (Å²) in [5.74, 6) is -0.371. The van der Waals surface area contributed by atoms with Gasteiger partial charge in [-0.15, -0.1) is 0 Å². The van der Waals surface area contributed by atoms with Crippen molar-refractivity contribution >= 4 is 20.3 Å². The molecule has 0 aromatic carbocycles. The number of ether oxygens (including phenoxy) is 1. The number of carbonyl (C=O) groups excluding carboxylic acids is 2. The zero-order valence-electron chi connectivity index (χ0n) is 13.6. The number of aldehydes is 1. The molecule has 0 aliphatic carbocycles. The summed E-state index contributed by atoms with van der Waals surface area (Å²) in [6.07, 6.45) is 0.893. The van der Waals surface area contributed by atoms with Crippen molar-refractivity contribution in [1.29, 1.82) is 0 Å². The molecule has 110 valence electrons. The predicted octanol–water partition coefficient (Wildman–Crippen LogP) is 3.89. The minimum atomic E-state index is -1.77. The van der Waals surface area contributed by atoms with Gasteiger partial charge in [-0.1, -0.05) is 39.6 Å². The van der Waals surface area contributed by atoms with Crippen molar-refractivity contribution in [1.82, 2.24) is 0 Å². The van der Waals surface area contributed by atoms with Crippen LogP contribution >= 0.6 is 0 Å². The van der Waals surface area contributed by atoms with Gasteiger partial charge in [-0.25, -0.2) is 4.79 Å². The molecule has 0 atom stereocenters. The summed E-state index contributed by atoms with van der Waals surface area (Å²) < 4.78 is 5.37. The summed E-state index contributed by atoms with van der Waals surface area (Å²) in [7, 11) is -1.77. The van der Waals surface area contributed by atoms with E-state index in [1.807, 2.05) is 26.5 Å². The van der Waals surface area contributed by atoms with Crippen molar-refractivity contribution in [2.45, 2.75) is 71.7 Å². The third-order valence-corrected chi connectivity index (χ3v) is 8.37. The number of carbonyl (C=O) groups is 2. The fourth-order valence-corrected chi connectivity index (χ4v) is 2.83. The molecule has 0 saturated carbocycles. The van der Waals surface area contributed by atoms with E-state index in [0.717, 1.165) is 6.29 Å². The molecule has 0 aromatic heterocycles. The molecule has 19 heavy (non-hydrogen) atoms. The van der Waals surface area contributed by atoms with E-state index in [9.17, 15) is 9.59 Å². The van der Waals surface area contributed by atoms with Crippen LogP contribution in [-0.4, -0.2) is 25.9 Å². The maximum atomic E-state index is 12.1. The lowest BCUT2D eigenvalue weighted by molar-refractivity contribution is -0.150. The van der Waals surface area contributed by atoms with E-state index in [2.05, 4.69) is 33.9 Å². The Kier molecular flexibility index (Phi) is 5.75. The number of rotatable bonds is 4. The lowest BCUT2D eigenvalue weighted by atomic mass is 10.2. The molecule has 0 rings (SSSR count). The molecule has 3 nitrogen and oxygen atoms in total. The van der Waals surface area contributed by atoms with Crippen molar-refractivity contribution in [2.24, 2.45) is 0 Å².